The molecular formula is C27H34Cl2N3O2-. The molecule has 34 heavy (non-hydrogen) atoms. The van der Waals surface area contributed by atoms with E-state index in [0.29, 0.717) is 23.7 Å². The number of aliphatic imine (C=N–C) groups is 1. The van der Waals surface area contributed by atoms with Crippen LogP contribution in [-0.4, -0.2) is 55.7 Å². The predicted molar refractivity (Wildman–Crippen MR) is 140 cm³/mol. The first-order valence-electron chi connectivity index (χ1n) is 12.3. The topological polar surface area (TPSA) is 51.1 Å². The van der Waals surface area contributed by atoms with Crippen LogP contribution in [0.4, 0.5) is 5.69 Å². The molecule has 0 radical (unpaired) electrons. The monoisotopic (exact) mass is 502 g/mol. The minimum Gasteiger partial charge on any atom is -0.862 e. The van der Waals surface area contributed by atoms with E-state index in [9.17, 15) is 5.11 Å². The van der Waals surface area contributed by atoms with Gasteiger partial charge in [0.2, 0.25) is 0 Å². The Kier molecular flexibility index (Phi) is 8.62. The SMILES string of the molecule is CC(C)Oc1ccc(CC(CN2CCCC2)N=C([O-])[C@@H]2CCN(c3ccc(Cl)cc3)C2)cc1Cl. The third-order valence-corrected chi connectivity index (χ3v) is 7.08. The molecule has 2 aliphatic heterocycles. The molecule has 2 atom stereocenters. The summed E-state index contributed by atoms with van der Waals surface area (Å²) in [6, 6.07) is 13.6. The fourth-order valence-electron chi connectivity index (χ4n) is 4.84. The zero-order chi connectivity index (χ0) is 24.1. The van der Waals surface area contributed by atoms with E-state index in [-0.39, 0.29) is 24.0 Å². The maximum Gasteiger partial charge on any atom is 0.138 e. The molecule has 2 heterocycles. The van der Waals surface area contributed by atoms with Crippen molar-refractivity contribution in [3.8, 4) is 5.75 Å². The normalized spacial score (nSPS) is 20.3. The highest BCUT2D eigenvalue weighted by atomic mass is 35.5. The van der Waals surface area contributed by atoms with Crippen molar-refractivity contribution < 1.29 is 9.84 Å². The van der Waals surface area contributed by atoms with Crippen LogP contribution in [0.3, 0.4) is 0 Å². The highest BCUT2D eigenvalue weighted by molar-refractivity contribution is 6.32. The molecule has 0 bridgehead atoms. The molecule has 7 heteroatoms. The molecular weight excluding hydrogens is 469 g/mol. The van der Waals surface area contributed by atoms with Crippen molar-refractivity contribution in [3.05, 3.63) is 58.1 Å². The minimum atomic E-state index is -0.0804. The van der Waals surface area contributed by atoms with Gasteiger partial charge in [0.1, 0.15) is 5.75 Å². The Hall–Kier alpha value is -1.95. The predicted octanol–water partition coefficient (Wildman–Crippen LogP) is 5.07. The molecule has 2 aromatic carbocycles. The number of halogens is 2. The maximum atomic E-state index is 13.2. The molecule has 0 N–H and O–H groups in total. The van der Waals surface area contributed by atoms with E-state index >= 15 is 0 Å². The molecule has 0 amide bonds. The van der Waals surface area contributed by atoms with Crippen LogP contribution in [0.5, 0.6) is 5.75 Å². The summed E-state index contributed by atoms with van der Waals surface area (Å²) in [4.78, 5) is 9.43. The lowest BCUT2D eigenvalue weighted by Crippen LogP contribution is -2.36. The van der Waals surface area contributed by atoms with Gasteiger partial charge in [0.25, 0.3) is 0 Å². The number of hydrogen-bond acceptors (Lipinski definition) is 5. The van der Waals surface area contributed by atoms with E-state index in [1.165, 1.54) is 12.8 Å². The van der Waals surface area contributed by atoms with Gasteiger partial charge < -0.3 is 24.6 Å². The van der Waals surface area contributed by atoms with Gasteiger partial charge in [-0.15, -0.1) is 0 Å². The molecule has 0 aliphatic carbocycles. The first kappa shape index (κ1) is 25.2. The van der Waals surface area contributed by atoms with E-state index < -0.39 is 0 Å². The third-order valence-electron chi connectivity index (χ3n) is 6.54. The molecule has 1 unspecified atom stereocenters. The van der Waals surface area contributed by atoms with Crippen LogP contribution >= 0.6 is 23.2 Å². The second-order valence-corrected chi connectivity index (χ2v) is 10.5. The molecule has 4 rings (SSSR count). The van der Waals surface area contributed by atoms with Crippen molar-refractivity contribution >= 4 is 34.8 Å². The summed E-state index contributed by atoms with van der Waals surface area (Å²) in [5, 5.41) is 14.5. The Balaban J connectivity index is 1.45. The lowest BCUT2D eigenvalue weighted by molar-refractivity contribution is -0.223. The molecule has 184 valence electrons. The van der Waals surface area contributed by atoms with Gasteiger partial charge in [-0.1, -0.05) is 29.3 Å². The Morgan fingerprint density at radius 2 is 1.82 bits per heavy atom. The van der Waals surface area contributed by atoms with E-state index in [1.807, 2.05) is 56.3 Å². The van der Waals surface area contributed by atoms with Gasteiger partial charge in [-0.05, 0) is 100 Å². The van der Waals surface area contributed by atoms with Gasteiger partial charge in [-0.25, -0.2) is 0 Å². The third kappa shape index (κ3) is 6.80. The van der Waals surface area contributed by atoms with Crippen LogP contribution in [0.15, 0.2) is 47.5 Å². The fraction of sp³-hybridized carbons (Fsp3) is 0.519. The zero-order valence-electron chi connectivity index (χ0n) is 20.1. The highest BCUT2D eigenvalue weighted by Gasteiger charge is 2.24. The standard InChI is InChI=1S/C27H35Cl2N3O2/c1-19(2)34-26-10-5-20(16-25(26)29)15-23(18-31-12-3-4-13-31)30-27(33)21-11-14-32(17-21)24-8-6-22(28)7-9-24/h5-10,16,19,21,23H,3-4,11-15,17-18H2,1-2H3,(H,30,33)/p-1/t21-,23?/m1/s1. The van der Waals surface area contributed by atoms with Crippen molar-refractivity contribution in [3.63, 3.8) is 0 Å². The largest absolute Gasteiger partial charge is 0.862 e. The summed E-state index contributed by atoms with van der Waals surface area (Å²) >= 11 is 12.5. The summed E-state index contributed by atoms with van der Waals surface area (Å²) in [6.07, 6.45) is 4.02. The van der Waals surface area contributed by atoms with Gasteiger partial charge in [0, 0.05) is 36.3 Å². The maximum absolute atomic E-state index is 13.2. The number of anilines is 1. The van der Waals surface area contributed by atoms with E-state index in [2.05, 4.69) is 9.80 Å². The molecule has 0 spiro atoms. The zero-order valence-corrected chi connectivity index (χ0v) is 21.6. The molecule has 2 saturated heterocycles. The number of benzene rings is 2. The number of hydrogen-bond donors (Lipinski definition) is 0. The first-order valence-corrected chi connectivity index (χ1v) is 13.1. The Bertz CT molecular complexity index is 974. The quantitative estimate of drug-likeness (QED) is 0.354. The van der Waals surface area contributed by atoms with Crippen molar-refractivity contribution in [2.45, 2.75) is 51.7 Å². The van der Waals surface area contributed by atoms with E-state index in [4.69, 9.17) is 32.9 Å². The van der Waals surface area contributed by atoms with Crippen molar-refractivity contribution in [1.29, 1.82) is 0 Å². The minimum absolute atomic E-state index is 0.0199. The van der Waals surface area contributed by atoms with Crippen molar-refractivity contribution in [2.24, 2.45) is 10.9 Å². The number of nitrogens with zero attached hydrogens (tertiary/aromatic N) is 3. The Morgan fingerprint density at radius 3 is 2.50 bits per heavy atom. The van der Waals surface area contributed by atoms with E-state index in [0.717, 1.165) is 48.9 Å². The van der Waals surface area contributed by atoms with Gasteiger partial charge >= 0.3 is 0 Å². The number of rotatable bonds is 9. The Morgan fingerprint density at radius 1 is 1.09 bits per heavy atom. The van der Waals surface area contributed by atoms with Gasteiger partial charge in [-0.3, -0.25) is 0 Å². The molecule has 0 aromatic heterocycles. The summed E-state index contributed by atoms with van der Waals surface area (Å²) in [6.45, 7) is 8.49. The molecule has 2 aliphatic rings. The lowest BCUT2D eigenvalue weighted by atomic mass is 10.0. The highest BCUT2D eigenvalue weighted by Crippen LogP contribution is 2.28. The van der Waals surface area contributed by atoms with Gasteiger partial charge in [-0.2, -0.15) is 0 Å². The van der Waals surface area contributed by atoms with Crippen LogP contribution in [0.1, 0.15) is 38.7 Å². The molecule has 5 nitrogen and oxygen atoms in total. The van der Waals surface area contributed by atoms with Gasteiger partial charge in [0.05, 0.1) is 17.2 Å². The van der Waals surface area contributed by atoms with Crippen LogP contribution < -0.4 is 14.7 Å². The second-order valence-electron chi connectivity index (χ2n) is 9.67. The molecule has 0 saturated carbocycles. The average molecular weight is 503 g/mol. The summed E-state index contributed by atoms with van der Waals surface area (Å²) in [5.41, 5.74) is 2.18. The van der Waals surface area contributed by atoms with Crippen molar-refractivity contribution in [1.82, 2.24) is 4.90 Å². The second kappa shape index (κ2) is 11.7. The first-order chi connectivity index (χ1) is 16.4. The lowest BCUT2D eigenvalue weighted by Gasteiger charge is -2.26. The summed E-state index contributed by atoms with van der Waals surface area (Å²) in [5.74, 6) is 0.645. The molecule has 2 aromatic rings. The van der Waals surface area contributed by atoms with Crippen molar-refractivity contribution in [2.75, 3.05) is 37.6 Å². The van der Waals surface area contributed by atoms with Crippen LogP contribution in [0.25, 0.3) is 0 Å². The summed E-state index contributed by atoms with van der Waals surface area (Å²) < 4.78 is 5.77. The van der Waals surface area contributed by atoms with Crippen LogP contribution in [0.2, 0.25) is 10.0 Å². The number of ether oxygens (including phenoxy) is 1. The van der Waals surface area contributed by atoms with Crippen LogP contribution in [0, 0.1) is 5.92 Å². The van der Waals surface area contributed by atoms with Crippen LogP contribution in [-0.2, 0) is 6.42 Å². The van der Waals surface area contributed by atoms with Gasteiger partial charge in [0.15, 0.2) is 0 Å². The summed E-state index contributed by atoms with van der Waals surface area (Å²) in [7, 11) is 0. The Labute approximate surface area is 213 Å². The average Bonchev–Trinajstić information content (AvgIpc) is 3.48. The number of likely N-dealkylation sites (tertiary alicyclic amines) is 1. The molecule has 2 fully saturated rings. The van der Waals surface area contributed by atoms with E-state index in [1.54, 1.807) is 0 Å². The smallest absolute Gasteiger partial charge is 0.138 e. The fourth-order valence-corrected chi connectivity index (χ4v) is 5.21.